The first-order chi connectivity index (χ1) is 10.0. The molecule has 0 radical (unpaired) electrons. The lowest BCUT2D eigenvalue weighted by molar-refractivity contribution is -0.140. The number of rotatable bonds is 8. The third-order valence-electron chi connectivity index (χ3n) is 2.92. The second kappa shape index (κ2) is 9.49. The van der Waals surface area contributed by atoms with Gasteiger partial charge in [0, 0.05) is 0 Å². The maximum absolute atomic E-state index is 11.8. The first-order valence-corrected chi connectivity index (χ1v) is 7.95. The van der Waals surface area contributed by atoms with Crippen LogP contribution in [0.15, 0.2) is 12.2 Å². The average Bonchev–Trinajstić information content (AvgIpc) is 2.31. The zero-order valence-corrected chi connectivity index (χ0v) is 14.7. The number of ether oxygens (including phenoxy) is 1. The van der Waals surface area contributed by atoms with E-state index < -0.39 is 23.6 Å². The van der Waals surface area contributed by atoms with Crippen molar-refractivity contribution >= 4 is 12.1 Å². The van der Waals surface area contributed by atoms with E-state index in [2.05, 4.69) is 5.32 Å². The second-order valence-electron chi connectivity index (χ2n) is 7.00. The van der Waals surface area contributed by atoms with E-state index in [0.717, 1.165) is 12.8 Å². The highest BCUT2D eigenvalue weighted by Gasteiger charge is 2.19. The van der Waals surface area contributed by atoms with Crippen molar-refractivity contribution in [1.82, 2.24) is 5.32 Å². The average molecular weight is 313 g/mol. The Hall–Kier alpha value is -1.52. The molecule has 5 nitrogen and oxygen atoms in total. The van der Waals surface area contributed by atoms with Gasteiger partial charge < -0.3 is 15.2 Å². The molecule has 0 aromatic heterocycles. The summed E-state index contributed by atoms with van der Waals surface area (Å²) in [5, 5.41) is 12.0. The van der Waals surface area contributed by atoms with Crippen molar-refractivity contribution in [2.45, 2.75) is 72.4 Å². The Morgan fingerprint density at radius 2 is 1.82 bits per heavy atom. The highest BCUT2D eigenvalue weighted by molar-refractivity contribution is 5.72. The number of carbonyl (C=O) groups is 2. The van der Waals surface area contributed by atoms with Crippen LogP contribution < -0.4 is 5.32 Å². The molecule has 0 heterocycles. The SMILES string of the molecule is CCC[C@@H](/C=C/[C@@H](CC(C)C)C(=O)O)NC(=O)OC(C)(C)C. The van der Waals surface area contributed by atoms with Gasteiger partial charge in [-0.15, -0.1) is 0 Å². The van der Waals surface area contributed by atoms with E-state index in [9.17, 15) is 14.7 Å². The van der Waals surface area contributed by atoms with E-state index in [4.69, 9.17) is 4.74 Å². The van der Waals surface area contributed by atoms with Gasteiger partial charge in [0.2, 0.25) is 0 Å². The first kappa shape index (κ1) is 20.5. The lowest BCUT2D eigenvalue weighted by atomic mass is 9.96. The molecule has 0 aliphatic carbocycles. The number of hydrogen-bond acceptors (Lipinski definition) is 3. The third kappa shape index (κ3) is 10.2. The summed E-state index contributed by atoms with van der Waals surface area (Å²) in [6, 6.07) is -0.214. The first-order valence-electron chi connectivity index (χ1n) is 7.95. The minimum atomic E-state index is -0.836. The van der Waals surface area contributed by atoms with Gasteiger partial charge in [0.25, 0.3) is 0 Å². The fourth-order valence-corrected chi connectivity index (χ4v) is 2.02. The lowest BCUT2D eigenvalue weighted by Gasteiger charge is -2.22. The molecule has 0 saturated carbocycles. The molecule has 0 rings (SSSR count). The molecule has 0 aliphatic heterocycles. The molecule has 0 unspecified atom stereocenters. The normalized spacial score (nSPS) is 14.9. The highest BCUT2D eigenvalue weighted by atomic mass is 16.6. The summed E-state index contributed by atoms with van der Waals surface area (Å²) >= 11 is 0. The van der Waals surface area contributed by atoms with Crippen LogP contribution in [0.2, 0.25) is 0 Å². The molecule has 0 aliphatic rings. The van der Waals surface area contributed by atoms with Crippen LogP contribution in [0.1, 0.15) is 60.8 Å². The highest BCUT2D eigenvalue weighted by Crippen LogP contribution is 2.15. The van der Waals surface area contributed by atoms with Crippen LogP contribution in [0.5, 0.6) is 0 Å². The zero-order valence-electron chi connectivity index (χ0n) is 14.7. The molecule has 2 atom stereocenters. The predicted octanol–water partition coefficient (Wildman–Crippen LogP) is 3.98. The van der Waals surface area contributed by atoms with Crippen LogP contribution in [0.3, 0.4) is 0 Å². The van der Waals surface area contributed by atoms with E-state index >= 15 is 0 Å². The quantitative estimate of drug-likeness (QED) is 0.664. The van der Waals surface area contributed by atoms with E-state index in [1.165, 1.54) is 0 Å². The number of alkyl carbamates (subject to hydrolysis) is 1. The van der Waals surface area contributed by atoms with E-state index in [1.54, 1.807) is 32.9 Å². The topological polar surface area (TPSA) is 75.6 Å². The Kier molecular flexibility index (Phi) is 8.83. The van der Waals surface area contributed by atoms with Crippen LogP contribution in [0, 0.1) is 11.8 Å². The van der Waals surface area contributed by atoms with Crippen LogP contribution in [0.4, 0.5) is 4.79 Å². The Bertz CT molecular complexity index is 383. The summed E-state index contributed by atoms with van der Waals surface area (Å²) in [7, 11) is 0. The van der Waals surface area contributed by atoms with Crippen molar-refractivity contribution in [3.05, 3.63) is 12.2 Å². The number of amides is 1. The standard InChI is InChI=1S/C17H31NO4/c1-7-8-14(18-16(21)22-17(4,5)6)10-9-13(15(19)20)11-12(2)3/h9-10,12-14H,7-8,11H2,1-6H3,(H,18,21)(H,19,20)/b10-9+/t13-,14-/m0/s1. The van der Waals surface area contributed by atoms with Gasteiger partial charge in [0.15, 0.2) is 0 Å². The van der Waals surface area contributed by atoms with Gasteiger partial charge in [-0.05, 0) is 39.5 Å². The summed E-state index contributed by atoms with van der Waals surface area (Å²) in [6.45, 7) is 11.4. The molecule has 5 heteroatoms. The Balaban J connectivity index is 4.76. The van der Waals surface area contributed by atoms with Crippen LogP contribution in [-0.2, 0) is 9.53 Å². The minimum Gasteiger partial charge on any atom is -0.481 e. The molecule has 0 saturated heterocycles. The van der Waals surface area contributed by atoms with E-state index in [0.29, 0.717) is 12.3 Å². The number of nitrogens with one attached hydrogen (secondary N) is 1. The monoisotopic (exact) mass is 313 g/mol. The molecule has 128 valence electrons. The third-order valence-corrected chi connectivity index (χ3v) is 2.92. The number of aliphatic carboxylic acids is 1. The molecular weight excluding hydrogens is 282 g/mol. The molecule has 0 bridgehead atoms. The van der Waals surface area contributed by atoms with Crippen molar-refractivity contribution < 1.29 is 19.4 Å². The molecule has 0 aromatic rings. The van der Waals surface area contributed by atoms with Gasteiger partial charge in [-0.25, -0.2) is 4.79 Å². The van der Waals surface area contributed by atoms with Crippen molar-refractivity contribution in [2.24, 2.45) is 11.8 Å². The summed E-state index contributed by atoms with van der Waals surface area (Å²) in [5.41, 5.74) is -0.550. The molecule has 2 N–H and O–H groups in total. The Morgan fingerprint density at radius 1 is 1.23 bits per heavy atom. The fourth-order valence-electron chi connectivity index (χ4n) is 2.02. The number of hydrogen-bond donors (Lipinski definition) is 2. The molecule has 0 aromatic carbocycles. The predicted molar refractivity (Wildman–Crippen MR) is 87.8 cm³/mol. The van der Waals surface area contributed by atoms with E-state index in [1.807, 2.05) is 20.8 Å². The minimum absolute atomic E-state index is 0.214. The van der Waals surface area contributed by atoms with Crippen LogP contribution >= 0.6 is 0 Å². The van der Waals surface area contributed by atoms with Gasteiger partial charge in [0.1, 0.15) is 5.60 Å². The van der Waals surface area contributed by atoms with Crippen molar-refractivity contribution in [3.63, 3.8) is 0 Å². The van der Waals surface area contributed by atoms with E-state index in [-0.39, 0.29) is 6.04 Å². The Labute approximate surface area is 134 Å². The summed E-state index contributed by atoms with van der Waals surface area (Å²) in [5.74, 6) is -1.06. The van der Waals surface area contributed by atoms with Gasteiger partial charge in [-0.3, -0.25) is 4.79 Å². The van der Waals surface area contributed by atoms with Gasteiger partial charge in [-0.1, -0.05) is 39.3 Å². The molecule has 0 spiro atoms. The largest absolute Gasteiger partial charge is 0.481 e. The number of carboxylic acid groups (broad SMARTS) is 1. The maximum atomic E-state index is 11.8. The summed E-state index contributed by atoms with van der Waals surface area (Å²) < 4.78 is 5.23. The van der Waals surface area contributed by atoms with Gasteiger partial charge in [0.05, 0.1) is 12.0 Å². The van der Waals surface area contributed by atoms with Crippen molar-refractivity contribution in [2.75, 3.05) is 0 Å². The van der Waals surface area contributed by atoms with Gasteiger partial charge >= 0.3 is 12.1 Å². The van der Waals surface area contributed by atoms with Crippen molar-refractivity contribution in [3.8, 4) is 0 Å². The zero-order chi connectivity index (χ0) is 17.3. The maximum Gasteiger partial charge on any atom is 0.408 e. The van der Waals surface area contributed by atoms with Crippen molar-refractivity contribution in [1.29, 1.82) is 0 Å². The Morgan fingerprint density at radius 3 is 2.23 bits per heavy atom. The fraction of sp³-hybridized carbons (Fsp3) is 0.765. The van der Waals surface area contributed by atoms with Crippen LogP contribution in [0.25, 0.3) is 0 Å². The summed E-state index contributed by atoms with van der Waals surface area (Å²) in [4.78, 5) is 23.1. The summed E-state index contributed by atoms with van der Waals surface area (Å²) in [6.07, 6.45) is 5.17. The molecule has 22 heavy (non-hydrogen) atoms. The lowest BCUT2D eigenvalue weighted by Crippen LogP contribution is -2.38. The number of carboxylic acids is 1. The van der Waals surface area contributed by atoms with Gasteiger partial charge in [-0.2, -0.15) is 0 Å². The smallest absolute Gasteiger partial charge is 0.408 e. The van der Waals surface area contributed by atoms with Crippen LogP contribution in [-0.4, -0.2) is 28.8 Å². The molecular formula is C17H31NO4. The second-order valence-corrected chi connectivity index (χ2v) is 7.00. The number of carbonyl (C=O) groups excluding carboxylic acids is 1. The molecule has 0 fully saturated rings. The molecule has 1 amide bonds.